The number of anilines is 1. The van der Waals surface area contributed by atoms with Gasteiger partial charge in [0.15, 0.2) is 5.82 Å². The number of fused-ring (bicyclic) bond motifs is 1. The zero-order valence-electron chi connectivity index (χ0n) is 15.5. The maximum atomic E-state index is 13.0. The fourth-order valence-electron chi connectivity index (χ4n) is 3.02. The van der Waals surface area contributed by atoms with Gasteiger partial charge in [-0.2, -0.15) is 18.3 Å². The zero-order valence-corrected chi connectivity index (χ0v) is 16.3. The van der Waals surface area contributed by atoms with Crippen LogP contribution in [0.15, 0.2) is 60.8 Å². The Labute approximate surface area is 174 Å². The van der Waals surface area contributed by atoms with Crippen molar-refractivity contribution < 1.29 is 18.0 Å². The molecule has 0 aliphatic carbocycles. The normalized spacial score (nSPS) is 11.6. The molecule has 1 N–H and O–H groups in total. The molecule has 2 heterocycles. The van der Waals surface area contributed by atoms with Gasteiger partial charge in [-0.1, -0.05) is 29.8 Å². The van der Waals surface area contributed by atoms with Crippen molar-refractivity contribution in [3.05, 3.63) is 82.6 Å². The Kier molecular flexibility index (Phi) is 4.95. The van der Waals surface area contributed by atoms with Crippen LogP contribution in [0.3, 0.4) is 0 Å². The molecular weight excluding hydrogens is 417 g/mol. The number of carbonyl (C=O) groups excluding carboxylic acids is 1. The lowest BCUT2D eigenvalue weighted by atomic mass is 10.1. The third-order valence-corrected chi connectivity index (χ3v) is 4.93. The molecule has 5 nitrogen and oxygen atoms in total. The van der Waals surface area contributed by atoms with Crippen molar-refractivity contribution in [1.29, 1.82) is 0 Å². The molecule has 0 atom stereocenters. The number of hydrogen-bond acceptors (Lipinski definition) is 3. The van der Waals surface area contributed by atoms with E-state index in [2.05, 4.69) is 15.4 Å². The van der Waals surface area contributed by atoms with Crippen LogP contribution >= 0.6 is 11.6 Å². The number of benzene rings is 2. The average Bonchev–Trinajstić information content (AvgIpc) is 3.10. The summed E-state index contributed by atoms with van der Waals surface area (Å²) in [6.07, 6.45) is -3.21. The number of halogens is 4. The molecule has 2 aromatic heterocycles. The topological polar surface area (TPSA) is 59.8 Å². The largest absolute Gasteiger partial charge is 0.416 e. The van der Waals surface area contributed by atoms with E-state index < -0.39 is 17.6 Å². The number of nitrogens with zero attached hydrogens (tertiary/aromatic N) is 3. The standard InChI is InChI=1S/C21H14ClF3N4O/c1-12-15(20(30)28-18-10-14(21(23,24)25)7-8-16(18)22)11-26-29(12)19-9-6-13-4-2-3-5-17(13)27-19/h2-11H,1H3,(H,28,30). The maximum absolute atomic E-state index is 13.0. The second-order valence-electron chi connectivity index (χ2n) is 6.56. The van der Waals surface area contributed by atoms with E-state index in [4.69, 9.17) is 11.6 Å². The first-order chi connectivity index (χ1) is 14.2. The lowest BCUT2D eigenvalue weighted by molar-refractivity contribution is -0.137. The Morgan fingerprint density at radius 3 is 2.63 bits per heavy atom. The van der Waals surface area contributed by atoms with E-state index in [1.54, 1.807) is 13.0 Å². The number of hydrogen-bond donors (Lipinski definition) is 1. The Hall–Kier alpha value is -3.39. The number of rotatable bonds is 3. The predicted molar refractivity (Wildman–Crippen MR) is 108 cm³/mol. The van der Waals surface area contributed by atoms with E-state index in [1.807, 2.05) is 30.3 Å². The van der Waals surface area contributed by atoms with Crippen molar-refractivity contribution in [3.63, 3.8) is 0 Å². The number of aromatic nitrogens is 3. The molecule has 0 aliphatic heterocycles. The Bertz CT molecular complexity index is 1270. The van der Waals surface area contributed by atoms with Gasteiger partial charge in [-0.25, -0.2) is 9.67 Å². The molecule has 4 aromatic rings. The minimum absolute atomic E-state index is 0.00223. The first-order valence-electron chi connectivity index (χ1n) is 8.83. The fourth-order valence-corrected chi connectivity index (χ4v) is 3.19. The second kappa shape index (κ2) is 7.46. The lowest BCUT2D eigenvalue weighted by Crippen LogP contribution is -2.14. The molecule has 0 spiro atoms. The highest BCUT2D eigenvalue weighted by Gasteiger charge is 2.31. The molecule has 0 saturated carbocycles. The highest BCUT2D eigenvalue weighted by Crippen LogP contribution is 2.34. The van der Waals surface area contributed by atoms with E-state index >= 15 is 0 Å². The molecule has 9 heteroatoms. The number of amides is 1. The highest BCUT2D eigenvalue weighted by molar-refractivity contribution is 6.34. The van der Waals surface area contributed by atoms with Gasteiger partial charge in [0.1, 0.15) is 0 Å². The number of nitrogens with one attached hydrogen (secondary N) is 1. The van der Waals surface area contributed by atoms with E-state index in [0.29, 0.717) is 11.5 Å². The van der Waals surface area contributed by atoms with Gasteiger partial charge in [-0.3, -0.25) is 4.79 Å². The van der Waals surface area contributed by atoms with Crippen molar-refractivity contribution in [2.45, 2.75) is 13.1 Å². The van der Waals surface area contributed by atoms with Gasteiger partial charge in [0, 0.05) is 5.39 Å². The van der Waals surface area contributed by atoms with Crippen LogP contribution in [-0.2, 0) is 6.18 Å². The number of para-hydroxylation sites is 1. The van der Waals surface area contributed by atoms with Gasteiger partial charge >= 0.3 is 6.18 Å². The van der Waals surface area contributed by atoms with Gasteiger partial charge < -0.3 is 5.32 Å². The molecule has 0 radical (unpaired) electrons. The third-order valence-electron chi connectivity index (χ3n) is 4.60. The number of pyridine rings is 1. The quantitative estimate of drug-likeness (QED) is 0.456. The Morgan fingerprint density at radius 2 is 1.87 bits per heavy atom. The highest BCUT2D eigenvalue weighted by atomic mass is 35.5. The molecular formula is C21H14ClF3N4O. The SMILES string of the molecule is Cc1c(C(=O)Nc2cc(C(F)(F)F)ccc2Cl)cnn1-c1ccc2ccccc2n1. The van der Waals surface area contributed by atoms with Crippen LogP contribution in [-0.4, -0.2) is 20.7 Å². The molecule has 152 valence electrons. The molecule has 0 unspecified atom stereocenters. The Morgan fingerprint density at radius 1 is 1.10 bits per heavy atom. The van der Waals surface area contributed by atoms with Crippen LogP contribution in [0, 0.1) is 6.92 Å². The van der Waals surface area contributed by atoms with E-state index in [-0.39, 0.29) is 16.3 Å². The van der Waals surface area contributed by atoms with Gasteiger partial charge in [0.2, 0.25) is 0 Å². The lowest BCUT2D eigenvalue weighted by Gasteiger charge is -2.11. The fraction of sp³-hybridized carbons (Fsp3) is 0.0952. The smallest absolute Gasteiger partial charge is 0.321 e. The maximum Gasteiger partial charge on any atom is 0.416 e. The summed E-state index contributed by atoms with van der Waals surface area (Å²) in [5, 5.41) is 7.60. The van der Waals surface area contributed by atoms with Gasteiger partial charge in [0.05, 0.1) is 39.2 Å². The predicted octanol–water partition coefficient (Wildman–Crippen LogP) is 5.65. The minimum atomic E-state index is -4.55. The van der Waals surface area contributed by atoms with E-state index in [9.17, 15) is 18.0 Å². The van der Waals surface area contributed by atoms with Crippen LogP contribution in [0.4, 0.5) is 18.9 Å². The summed E-state index contributed by atoms with van der Waals surface area (Å²) < 4.78 is 40.3. The molecule has 2 aromatic carbocycles. The summed E-state index contributed by atoms with van der Waals surface area (Å²) in [6, 6.07) is 14.0. The third kappa shape index (κ3) is 3.73. The Balaban J connectivity index is 1.64. The summed E-state index contributed by atoms with van der Waals surface area (Å²) in [7, 11) is 0. The molecule has 4 rings (SSSR count). The van der Waals surface area contributed by atoms with Crippen molar-refractivity contribution in [2.24, 2.45) is 0 Å². The number of alkyl halides is 3. The molecule has 30 heavy (non-hydrogen) atoms. The first-order valence-corrected chi connectivity index (χ1v) is 9.21. The summed E-state index contributed by atoms with van der Waals surface area (Å²) in [5.74, 6) is -0.108. The van der Waals surface area contributed by atoms with Crippen LogP contribution in [0.2, 0.25) is 5.02 Å². The van der Waals surface area contributed by atoms with Gasteiger partial charge in [-0.15, -0.1) is 0 Å². The van der Waals surface area contributed by atoms with Crippen molar-refractivity contribution in [1.82, 2.24) is 14.8 Å². The monoisotopic (exact) mass is 430 g/mol. The van der Waals surface area contributed by atoms with Crippen LogP contribution in [0.1, 0.15) is 21.6 Å². The van der Waals surface area contributed by atoms with E-state index in [1.165, 1.54) is 10.9 Å². The molecule has 0 saturated heterocycles. The molecule has 0 fully saturated rings. The molecule has 1 amide bonds. The van der Waals surface area contributed by atoms with Crippen LogP contribution in [0.5, 0.6) is 0 Å². The summed E-state index contributed by atoms with van der Waals surface area (Å²) in [4.78, 5) is 17.2. The summed E-state index contributed by atoms with van der Waals surface area (Å²) in [6.45, 7) is 1.67. The minimum Gasteiger partial charge on any atom is -0.321 e. The van der Waals surface area contributed by atoms with Crippen molar-refractivity contribution >= 4 is 34.1 Å². The van der Waals surface area contributed by atoms with Gasteiger partial charge in [-0.05, 0) is 43.3 Å². The van der Waals surface area contributed by atoms with Crippen LogP contribution in [0.25, 0.3) is 16.7 Å². The van der Waals surface area contributed by atoms with Gasteiger partial charge in [0.25, 0.3) is 5.91 Å². The number of carbonyl (C=O) groups is 1. The molecule has 0 aliphatic rings. The average molecular weight is 431 g/mol. The summed E-state index contributed by atoms with van der Waals surface area (Å²) >= 11 is 5.96. The van der Waals surface area contributed by atoms with E-state index in [0.717, 1.165) is 29.1 Å². The van der Waals surface area contributed by atoms with Crippen LogP contribution < -0.4 is 5.32 Å². The van der Waals surface area contributed by atoms with Crippen molar-refractivity contribution in [2.75, 3.05) is 5.32 Å². The molecule has 0 bridgehead atoms. The summed E-state index contributed by atoms with van der Waals surface area (Å²) in [5.41, 5.74) is 0.408. The zero-order chi connectivity index (χ0) is 21.5. The van der Waals surface area contributed by atoms with Crippen molar-refractivity contribution in [3.8, 4) is 5.82 Å². The first kappa shape index (κ1) is 19.9. The second-order valence-corrected chi connectivity index (χ2v) is 6.97.